The average molecular weight is 171 g/mol. The molecule has 0 spiro atoms. The smallest absolute Gasteiger partial charge is 0.219 e. The number of hydrogen-bond acceptors (Lipinski definition) is 2. The standard InChI is InChI=1S/C9H17NO2/c1-8(2)12-7-5-4-6-9(11)10-3/h1,4-7H2,2-3H3,(H,10,11). The first-order chi connectivity index (χ1) is 5.66. The normalized spacial score (nSPS) is 9.17. The van der Waals surface area contributed by atoms with E-state index in [0.717, 1.165) is 18.6 Å². The van der Waals surface area contributed by atoms with Crippen LogP contribution in [0.2, 0.25) is 0 Å². The van der Waals surface area contributed by atoms with E-state index in [4.69, 9.17) is 4.74 Å². The molecule has 0 aliphatic carbocycles. The average Bonchev–Trinajstić information content (AvgIpc) is 2.03. The molecular formula is C9H17NO2. The first-order valence-corrected chi connectivity index (χ1v) is 4.15. The van der Waals surface area contributed by atoms with Crippen LogP contribution in [-0.2, 0) is 9.53 Å². The van der Waals surface area contributed by atoms with Gasteiger partial charge in [-0.3, -0.25) is 4.79 Å². The Morgan fingerprint density at radius 3 is 2.67 bits per heavy atom. The summed E-state index contributed by atoms with van der Waals surface area (Å²) in [5, 5.41) is 2.57. The molecule has 0 radical (unpaired) electrons. The van der Waals surface area contributed by atoms with Crippen LogP contribution in [0.3, 0.4) is 0 Å². The minimum Gasteiger partial charge on any atom is -0.499 e. The van der Waals surface area contributed by atoms with Crippen molar-refractivity contribution in [2.75, 3.05) is 13.7 Å². The molecule has 0 aromatic rings. The maximum atomic E-state index is 10.7. The van der Waals surface area contributed by atoms with Gasteiger partial charge in [0.15, 0.2) is 0 Å². The van der Waals surface area contributed by atoms with E-state index in [1.807, 2.05) is 6.92 Å². The lowest BCUT2D eigenvalue weighted by Crippen LogP contribution is -2.17. The van der Waals surface area contributed by atoms with E-state index < -0.39 is 0 Å². The molecule has 0 unspecified atom stereocenters. The Labute approximate surface area is 73.8 Å². The maximum Gasteiger partial charge on any atom is 0.219 e. The summed E-state index contributed by atoms with van der Waals surface area (Å²) in [7, 11) is 1.65. The number of hydrogen-bond donors (Lipinski definition) is 1. The molecule has 1 N–H and O–H groups in total. The monoisotopic (exact) mass is 171 g/mol. The van der Waals surface area contributed by atoms with Crippen molar-refractivity contribution in [3.8, 4) is 0 Å². The summed E-state index contributed by atoms with van der Waals surface area (Å²) in [5.41, 5.74) is 0. The molecule has 1 amide bonds. The Balaban J connectivity index is 3.11. The minimum absolute atomic E-state index is 0.0883. The highest BCUT2D eigenvalue weighted by molar-refractivity contribution is 5.75. The zero-order chi connectivity index (χ0) is 9.40. The van der Waals surface area contributed by atoms with Crippen molar-refractivity contribution >= 4 is 5.91 Å². The summed E-state index contributed by atoms with van der Waals surface area (Å²) < 4.78 is 5.13. The van der Waals surface area contributed by atoms with Crippen LogP contribution in [0.25, 0.3) is 0 Å². The van der Waals surface area contributed by atoms with Crippen molar-refractivity contribution in [2.24, 2.45) is 0 Å². The van der Waals surface area contributed by atoms with E-state index in [1.165, 1.54) is 0 Å². The molecule has 3 nitrogen and oxygen atoms in total. The van der Waals surface area contributed by atoms with Crippen LogP contribution < -0.4 is 5.32 Å². The number of carbonyl (C=O) groups is 1. The van der Waals surface area contributed by atoms with Gasteiger partial charge in [-0.2, -0.15) is 0 Å². The van der Waals surface area contributed by atoms with Gasteiger partial charge < -0.3 is 10.1 Å². The van der Waals surface area contributed by atoms with Gasteiger partial charge in [0.1, 0.15) is 0 Å². The Bertz CT molecular complexity index is 155. The van der Waals surface area contributed by atoms with Crippen molar-refractivity contribution < 1.29 is 9.53 Å². The minimum atomic E-state index is 0.0883. The van der Waals surface area contributed by atoms with Crippen LogP contribution in [-0.4, -0.2) is 19.6 Å². The SMILES string of the molecule is C=C(C)OCCCCC(=O)NC. The fourth-order valence-corrected chi connectivity index (χ4v) is 0.759. The molecular weight excluding hydrogens is 154 g/mol. The van der Waals surface area contributed by atoms with E-state index in [0.29, 0.717) is 13.0 Å². The summed E-state index contributed by atoms with van der Waals surface area (Å²) in [6, 6.07) is 0. The highest BCUT2D eigenvalue weighted by Gasteiger charge is 1.96. The number of amides is 1. The van der Waals surface area contributed by atoms with Gasteiger partial charge in [-0.05, 0) is 19.8 Å². The highest BCUT2D eigenvalue weighted by Crippen LogP contribution is 1.98. The third-order valence-corrected chi connectivity index (χ3v) is 1.43. The summed E-state index contributed by atoms with van der Waals surface area (Å²) in [6.45, 7) is 6.08. The van der Waals surface area contributed by atoms with Gasteiger partial charge >= 0.3 is 0 Å². The zero-order valence-electron chi connectivity index (χ0n) is 7.85. The molecule has 0 heterocycles. The van der Waals surface area contributed by atoms with Crippen LogP contribution in [0, 0.1) is 0 Å². The van der Waals surface area contributed by atoms with Gasteiger partial charge in [0.25, 0.3) is 0 Å². The predicted octanol–water partition coefficient (Wildman–Crippen LogP) is 1.45. The Morgan fingerprint density at radius 2 is 2.17 bits per heavy atom. The van der Waals surface area contributed by atoms with Gasteiger partial charge in [0, 0.05) is 13.5 Å². The van der Waals surface area contributed by atoms with Gasteiger partial charge in [-0.1, -0.05) is 6.58 Å². The molecule has 12 heavy (non-hydrogen) atoms. The Morgan fingerprint density at radius 1 is 1.50 bits per heavy atom. The molecule has 0 rings (SSSR count). The van der Waals surface area contributed by atoms with Crippen LogP contribution in [0.1, 0.15) is 26.2 Å². The fraction of sp³-hybridized carbons (Fsp3) is 0.667. The van der Waals surface area contributed by atoms with Crippen molar-refractivity contribution in [3.63, 3.8) is 0 Å². The Kier molecular flexibility index (Phi) is 6.15. The number of carbonyl (C=O) groups excluding carboxylic acids is 1. The zero-order valence-corrected chi connectivity index (χ0v) is 7.85. The maximum absolute atomic E-state index is 10.7. The largest absolute Gasteiger partial charge is 0.499 e. The first kappa shape index (κ1) is 11.0. The van der Waals surface area contributed by atoms with Crippen molar-refractivity contribution in [1.82, 2.24) is 5.32 Å². The third kappa shape index (κ3) is 7.12. The molecule has 0 aromatic heterocycles. The number of allylic oxidation sites excluding steroid dienone is 1. The van der Waals surface area contributed by atoms with E-state index in [2.05, 4.69) is 11.9 Å². The lowest BCUT2D eigenvalue weighted by atomic mass is 10.2. The van der Waals surface area contributed by atoms with Crippen LogP contribution in [0.4, 0.5) is 0 Å². The number of ether oxygens (including phenoxy) is 1. The quantitative estimate of drug-likeness (QED) is 0.485. The molecule has 70 valence electrons. The molecule has 0 fully saturated rings. The van der Waals surface area contributed by atoms with Crippen LogP contribution in [0.5, 0.6) is 0 Å². The van der Waals surface area contributed by atoms with Crippen molar-refractivity contribution in [2.45, 2.75) is 26.2 Å². The van der Waals surface area contributed by atoms with Crippen molar-refractivity contribution in [1.29, 1.82) is 0 Å². The van der Waals surface area contributed by atoms with E-state index >= 15 is 0 Å². The van der Waals surface area contributed by atoms with Crippen LogP contribution in [0.15, 0.2) is 12.3 Å². The molecule has 0 bridgehead atoms. The molecule has 0 aliphatic rings. The molecule has 0 saturated heterocycles. The second kappa shape index (κ2) is 6.70. The van der Waals surface area contributed by atoms with Gasteiger partial charge in [0.05, 0.1) is 12.4 Å². The summed E-state index contributed by atoms with van der Waals surface area (Å²) in [5.74, 6) is 0.820. The third-order valence-electron chi connectivity index (χ3n) is 1.43. The lowest BCUT2D eigenvalue weighted by Gasteiger charge is -2.03. The molecule has 0 aromatic carbocycles. The summed E-state index contributed by atoms with van der Waals surface area (Å²) in [6.07, 6.45) is 2.35. The summed E-state index contributed by atoms with van der Waals surface area (Å²) >= 11 is 0. The van der Waals surface area contributed by atoms with E-state index in [9.17, 15) is 4.79 Å². The van der Waals surface area contributed by atoms with E-state index in [1.54, 1.807) is 7.05 Å². The lowest BCUT2D eigenvalue weighted by molar-refractivity contribution is -0.120. The topological polar surface area (TPSA) is 38.3 Å². The van der Waals surface area contributed by atoms with Crippen LogP contribution >= 0.6 is 0 Å². The second-order valence-electron chi connectivity index (χ2n) is 2.68. The number of rotatable bonds is 6. The Hall–Kier alpha value is -0.990. The molecule has 0 saturated carbocycles. The fourth-order valence-electron chi connectivity index (χ4n) is 0.759. The summed E-state index contributed by atoms with van der Waals surface area (Å²) in [4.78, 5) is 10.7. The molecule has 0 atom stereocenters. The molecule has 3 heteroatoms. The highest BCUT2D eigenvalue weighted by atomic mass is 16.5. The van der Waals surface area contributed by atoms with Gasteiger partial charge in [-0.15, -0.1) is 0 Å². The van der Waals surface area contributed by atoms with E-state index in [-0.39, 0.29) is 5.91 Å². The number of unbranched alkanes of at least 4 members (excludes halogenated alkanes) is 1. The molecule has 0 aliphatic heterocycles. The van der Waals surface area contributed by atoms with Gasteiger partial charge in [-0.25, -0.2) is 0 Å². The predicted molar refractivity (Wildman–Crippen MR) is 48.7 cm³/mol. The number of nitrogens with one attached hydrogen (secondary N) is 1. The van der Waals surface area contributed by atoms with Gasteiger partial charge in [0.2, 0.25) is 5.91 Å². The second-order valence-corrected chi connectivity index (χ2v) is 2.68. The van der Waals surface area contributed by atoms with Crippen molar-refractivity contribution in [3.05, 3.63) is 12.3 Å². The first-order valence-electron chi connectivity index (χ1n) is 4.15.